The molecule has 0 heterocycles. The fraction of sp³-hybridized carbons (Fsp3) is 0.600. The van der Waals surface area contributed by atoms with E-state index in [-0.39, 0.29) is 19.3 Å². The molecule has 0 rings (SSSR count). The number of hydrogen-bond acceptors (Lipinski definition) is 5. The normalized spacial score (nSPS) is 11.5. The highest BCUT2D eigenvalue weighted by atomic mass is 32.1. The van der Waals surface area contributed by atoms with Gasteiger partial charge in [-0.25, -0.2) is 0 Å². The Balaban J connectivity index is 3.74. The number of esters is 1. The molecule has 0 aromatic rings. The summed E-state index contributed by atoms with van der Waals surface area (Å²) >= 11 is 3.93. The summed E-state index contributed by atoms with van der Waals surface area (Å²) in [7, 11) is 1.46. The Morgan fingerprint density at radius 2 is 2.55 bits per heavy atom. The van der Waals surface area contributed by atoms with Gasteiger partial charge < -0.3 is 9.39 Å². The molecule has 0 aromatic heterocycles. The van der Waals surface area contributed by atoms with Crippen molar-refractivity contribution in [2.75, 3.05) is 12.9 Å². The maximum absolute atomic E-state index is 10.8. The van der Waals surface area contributed by atoms with Crippen LogP contribution in [0, 0.1) is 5.41 Å². The second-order valence-corrected chi connectivity index (χ2v) is 2.22. The van der Waals surface area contributed by atoms with Crippen molar-refractivity contribution in [2.24, 2.45) is 0 Å². The van der Waals surface area contributed by atoms with Gasteiger partial charge >= 0.3 is 13.5 Å². The van der Waals surface area contributed by atoms with E-state index in [0.29, 0.717) is 5.75 Å². The van der Waals surface area contributed by atoms with Crippen molar-refractivity contribution in [1.82, 2.24) is 0 Å². The second-order valence-electron chi connectivity index (χ2n) is 1.85. The number of ether oxygens (including phenoxy) is 1. The Labute approximate surface area is 71.5 Å². The Morgan fingerprint density at radius 3 is 2.91 bits per heavy atom. The molecular formula is C5H10BNO3S. The van der Waals surface area contributed by atoms with Crippen LogP contribution in [0.3, 0.4) is 0 Å². The van der Waals surface area contributed by atoms with Gasteiger partial charge in [-0.1, -0.05) is 0 Å². The summed E-state index contributed by atoms with van der Waals surface area (Å²) < 4.78 is 9.06. The average Bonchev–Trinajstić information content (AvgIpc) is 2.05. The summed E-state index contributed by atoms with van der Waals surface area (Å²) in [4.78, 5) is 10.8. The van der Waals surface area contributed by atoms with E-state index in [9.17, 15) is 4.79 Å². The van der Waals surface area contributed by atoms with Crippen molar-refractivity contribution in [3.63, 3.8) is 0 Å². The molecule has 0 unspecified atom stereocenters. The van der Waals surface area contributed by atoms with Crippen molar-refractivity contribution < 1.29 is 14.2 Å². The van der Waals surface area contributed by atoms with E-state index in [1.54, 1.807) is 0 Å². The minimum Gasteiger partial charge on any atom is -0.556 e. The lowest BCUT2D eigenvalue weighted by atomic mass is 9.82. The van der Waals surface area contributed by atoms with E-state index >= 15 is 0 Å². The van der Waals surface area contributed by atoms with Gasteiger partial charge in [-0.3, -0.25) is 10.2 Å². The Kier molecular flexibility index (Phi) is 5.73. The molecule has 4 nitrogen and oxygen atoms in total. The van der Waals surface area contributed by atoms with Gasteiger partial charge in [-0.15, -0.1) is 0 Å². The van der Waals surface area contributed by atoms with Crippen molar-refractivity contribution in [3.05, 3.63) is 0 Å². The summed E-state index contributed by atoms with van der Waals surface area (Å²) in [5.74, 6) is -0.382. The first-order valence-corrected chi connectivity index (χ1v) is 3.68. The standard InChI is InChI=1S/C5H10BNO3S/c1-9-5(8)4(2-11)6-10-3-7/h3-4,6-7,11H,2H2,1H3/t4-/m0/s1. The van der Waals surface area contributed by atoms with Crippen LogP contribution in [0.4, 0.5) is 0 Å². The number of nitrogens with one attached hydrogen (secondary N) is 1. The molecule has 62 valence electrons. The van der Waals surface area contributed by atoms with Crippen LogP contribution < -0.4 is 0 Å². The molecule has 0 bridgehead atoms. The molecule has 6 heteroatoms. The van der Waals surface area contributed by atoms with Crippen molar-refractivity contribution in [3.8, 4) is 0 Å². The van der Waals surface area contributed by atoms with E-state index in [1.807, 2.05) is 0 Å². The predicted molar refractivity (Wildman–Crippen MR) is 46.6 cm³/mol. The summed E-state index contributed by atoms with van der Waals surface area (Å²) in [6, 6.07) is 0. The lowest BCUT2D eigenvalue weighted by Gasteiger charge is -2.07. The van der Waals surface area contributed by atoms with Crippen LogP contribution in [0.1, 0.15) is 0 Å². The van der Waals surface area contributed by atoms with Gasteiger partial charge in [0.05, 0.1) is 12.9 Å². The Hall–Kier alpha value is -0.645. The maximum atomic E-state index is 10.8. The first-order valence-electron chi connectivity index (χ1n) is 3.05. The lowest BCUT2D eigenvalue weighted by Crippen LogP contribution is -2.20. The van der Waals surface area contributed by atoms with E-state index in [4.69, 9.17) is 5.41 Å². The highest BCUT2D eigenvalue weighted by molar-refractivity contribution is 7.80. The minimum atomic E-state index is -0.384. The number of carbonyl (C=O) groups is 1. The number of hydrogen-bond donors (Lipinski definition) is 2. The lowest BCUT2D eigenvalue weighted by molar-refractivity contribution is -0.140. The van der Waals surface area contributed by atoms with Gasteiger partial charge in [0.25, 0.3) is 0 Å². The largest absolute Gasteiger partial charge is 0.556 e. The van der Waals surface area contributed by atoms with Gasteiger partial charge in [0, 0.05) is 5.75 Å². The first kappa shape index (κ1) is 10.4. The quantitative estimate of drug-likeness (QED) is 0.201. The van der Waals surface area contributed by atoms with E-state index < -0.39 is 0 Å². The predicted octanol–water partition coefficient (Wildman–Crippen LogP) is -0.147. The minimum absolute atomic E-state index is 0.152. The van der Waals surface area contributed by atoms with Crippen LogP contribution in [0.2, 0.25) is 5.82 Å². The topological polar surface area (TPSA) is 59.4 Å². The van der Waals surface area contributed by atoms with Crippen LogP contribution in [0.5, 0.6) is 0 Å². The number of thiol groups is 1. The fourth-order valence-corrected chi connectivity index (χ4v) is 0.781. The zero-order valence-corrected chi connectivity index (χ0v) is 7.14. The molecule has 0 aliphatic heterocycles. The van der Waals surface area contributed by atoms with E-state index in [2.05, 4.69) is 22.0 Å². The molecule has 0 aromatic carbocycles. The molecule has 0 spiro atoms. The number of rotatable bonds is 5. The number of methoxy groups -OCH3 is 1. The molecule has 0 saturated heterocycles. The highest BCUT2D eigenvalue weighted by Crippen LogP contribution is 2.07. The molecule has 0 fully saturated rings. The Morgan fingerprint density at radius 1 is 1.91 bits per heavy atom. The first-order chi connectivity index (χ1) is 5.26. The van der Waals surface area contributed by atoms with Crippen molar-refractivity contribution in [1.29, 1.82) is 5.41 Å². The summed E-state index contributed by atoms with van der Waals surface area (Å²) in [5, 5.41) is 6.54. The zero-order chi connectivity index (χ0) is 8.69. The summed E-state index contributed by atoms with van der Waals surface area (Å²) in [6.07, 6.45) is 0.791. The Bertz CT molecular complexity index is 144. The third kappa shape index (κ3) is 3.92. The third-order valence-electron chi connectivity index (χ3n) is 1.14. The number of carbonyl (C=O) groups excluding carboxylic acids is 1. The van der Waals surface area contributed by atoms with Gasteiger partial charge in [0.2, 0.25) is 0 Å². The molecule has 0 radical (unpaired) electrons. The van der Waals surface area contributed by atoms with Gasteiger partial charge in [-0.05, 0) is 0 Å². The fourth-order valence-electron chi connectivity index (χ4n) is 0.526. The van der Waals surface area contributed by atoms with Crippen LogP contribution in [0.25, 0.3) is 0 Å². The SMILES string of the molecule is COC(=O)[C@@H](BOC=N)CS. The van der Waals surface area contributed by atoms with Gasteiger partial charge in [0.1, 0.15) is 6.40 Å². The molecule has 0 aliphatic rings. The molecule has 0 saturated carbocycles. The van der Waals surface area contributed by atoms with Gasteiger partial charge in [0.15, 0.2) is 0 Å². The molecular weight excluding hydrogens is 165 g/mol. The van der Waals surface area contributed by atoms with Crippen LogP contribution >= 0.6 is 12.6 Å². The second kappa shape index (κ2) is 6.09. The average molecular weight is 175 g/mol. The maximum Gasteiger partial charge on any atom is 0.356 e. The summed E-state index contributed by atoms with van der Waals surface area (Å²) in [5.41, 5.74) is 0. The highest BCUT2D eigenvalue weighted by Gasteiger charge is 2.19. The third-order valence-corrected chi connectivity index (χ3v) is 1.58. The monoisotopic (exact) mass is 175 g/mol. The van der Waals surface area contributed by atoms with E-state index in [0.717, 1.165) is 6.40 Å². The molecule has 1 atom stereocenters. The van der Waals surface area contributed by atoms with Crippen molar-refractivity contribution >= 4 is 32.5 Å². The molecule has 0 amide bonds. The van der Waals surface area contributed by atoms with Crippen molar-refractivity contribution in [2.45, 2.75) is 5.82 Å². The molecule has 1 N–H and O–H groups in total. The zero-order valence-electron chi connectivity index (χ0n) is 6.24. The van der Waals surface area contributed by atoms with E-state index in [1.165, 1.54) is 7.11 Å². The smallest absolute Gasteiger partial charge is 0.356 e. The molecule has 11 heavy (non-hydrogen) atoms. The van der Waals surface area contributed by atoms with Crippen LogP contribution in [-0.4, -0.2) is 32.7 Å². The van der Waals surface area contributed by atoms with Crippen LogP contribution in [0.15, 0.2) is 0 Å². The van der Waals surface area contributed by atoms with Crippen LogP contribution in [-0.2, 0) is 14.2 Å². The summed E-state index contributed by atoms with van der Waals surface area (Å²) in [6.45, 7) is 0. The van der Waals surface area contributed by atoms with Gasteiger partial charge in [-0.2, -0.15) is 12.6 Å². The molecule has 0 aliphatic carbocycles.